The van der Waals surface area contributed by atoms with Crippen molar-refractivity contribution in [3.05, 3.63) is 59.7 Å². The number of nitrogens with zero attached hydrogens (tertiary/aromatic N) is 4. The molecule has 3 aromatic rings. The lowest BCUT2D eigenvalue weighted by Gasteiger charge is -2.23. The molecule has 2 N–H and O–H groups in total. The zero-order valence-electron chi connectivity index (χ0n) is 16.8. The molecule has 8 nitrogen and oxygen atoms in total. The van der Waals surface area contributed by atoms with E-state index in [1.165, 1.54) is 16.2 Å². The number of nitriles is 1. The normalized spacial score (nSPS) is 15.4. The molecule has 31 heavy (non-hydrogen) atoms. The van der Waals surface area contributed by atoms with Crippen molar-refractivity contribution >= 4 is 34.1 Å². The summed E-state index contributed by atoms with van der Waals surface area (Å²) in [5, 5.41) is 23.8. The van der Waals surface area contributed by atoms with Gasteiger partial charge in [0.1, 0.15) is 11.0 Å². The minimum atomic E-state index is -0.579. The highest BCUT2D eigenvalue weighted by atomic mass is 32.1. The number of carbonyl (C=O) groups excluding carboxylic acids is 2. The van der Waals surface area contributed by atoms with Crippen LogP contribution in [0.2, 0.25) is 0 Å². The van der Waals surface area contributed by atoms with Gasteiger partial charge in [0.15, 0.2) is 0 Å². The summed E-state index contributed by atoms with van der Waals surface area (Å²) in [6.45, 7) is 2.50. The number of benzene rings is 2. The van der Waals surface area contributed by atoms with Gasteiger partial charge in [0.25, 0.3) is 0 Å². The van der Waals surface area contributed by atoms with Crippen LogP contribution in [0, 0.1) is 18.3 Å². The summed E-state index contributed by atoms with van der Waals surface area (Å²) < 4.78 is 0. The lowest BCUT2D eigenvalue weighted by atomic mass is 10.1. The molecule has 0 saturated carbocycles. The van der Waals surface area contributed by atoms with Crippen molar-refractivity contribution in [3.8, 4) is 16.6 Å². The first kappa shape index (κ1) is 20.5. The van der Waals surface area contributed by atoms with Gasteiger partial charge in [-0.3, -0.25) is 10.1 Å². The monoisotopic (exact) mass is 432 g/mol. The van der Waals surface area contributed by atoms with Crippen LogP contribution >= 0.6 is 11.3 Å². The third-order valence-corrected chi connectivity index (χ3v) is 5.89. The highest BCUT2D eigenvalue weighted by molar-refractivity contribution is 7.18. The number of urea groups is 1. The molecule has 1 aliphatic rings. The minimum Gasteiger partial charge on any atom is -0.312 e. The van der Waals surface area contributed by atoms with Crippen LogP contribution < -0.4 is 10.6 Å². The Bertz CT molecular complexity index is 1150. The molecule has 1 aromatic heterocycles. The molecular formula is C22H20N6O2S. The van der Waals surface area contributed by atoms with E-state index in [0.29, 0.717) is 29.3 Å². The Morgan fingerprint density at radius 2 is 1.97 bits per heavy atom. The molecule has 0 radical (unpaired) electrons. The topological polar surface area (TPSA) is 111 Å². The lowest BCUT2D eigenvalue weighted by molar-refractivity contribution is -0.119. The van der Waals surface area contributed by atoms with Crippen LogP contribution in [0.25, 0.3) is 10.6 Å². The predicted octanol–water partition coefficient (Wildman–Crippen LogP) is 4.02. The van der Waals surface area contributed by atoms with E-state index < -0.39 is 6.04 Å². The van der Waals surface area contributed by atoms with Crippen molar-refractivity contribution in [2.75, 3.05) is 17.2 Å². The maximum Gasteiger partial charge on any atom is 0.322 e. The molecule has 0 spiro atoms. The molecule has 1 unspecified atom stereocenters. The molecule has 2 aromatic carbocycles. The van der Waals surface area contributed by atoms with Gasteiger partial charge in [-0.1, -0.05) is 35.1 Å². The number of hydrogen-bond acceptors (Lipinski definition) is 6. The molecule has 156 valence electrons. The molecular weight excluding hydrogens is 412 g/mol. The Balaban J connectivity index is 1.41. The molecule has 3 amide bonds. The van der Waals surface area contributed by atoms with Crippen LogP contribution in [-0.2, 0) is 4.79 Å². The second-order valence-electron chi connectivity index (χ2n) is 7.24. The molecule has 1 saturated heterocycles. The highest BCUT2D eigenvalue weighted by Gasteiger charge is 2.34. The van der Waals surface area contributed by atoms with Crippen molar-refractivity contribution in [1.82, 2.24) is 15.1 Å². The quantitative estimate of drug-likeness (QED) is 0.647. The van der Waals surface area contributed by atoms with Crippen LogP contribution in [-0.4, -0.2) is 39.6 Å². The van der Waals surface area contributed by atoms with Crippen molar-refractivity contribution in [2.45, 2.75) is 25.8 Å². The van der Waals surface area contributed by atoms with Crippen molar-refractivity contribution in [1.29, 1.82) is 5.26 Å². The standard InChI is InChI=1S/C22H20N6O2S/c1-14-4-2-5-16(12-14)20-26-27-21(31-20)25-19(29)18-6-3-11-28(18)22(30)24-17-9-7-15(13-23)8-10-17/h2,4-5,7-10,12,18H,3,6,11H2,1H3,(H,24,30)(H,25,27,29). The fourth-order valence-electron chi connectivity index (χ4n) is 3.46. The molecule has 0 bridgehead atoms. The Labute approximate surface area is 183 Å². The summed E-state index contributed by atoms with van der Waals surface area (Å²) in [5.74, 6) is -0.278. The van der Waals surface area contributed by atoms with Crippen molar-refractivity contribution in [3.63, 3.8) is 0 Å². The maximum atomic E-state index is 12.8. The number of rotatable bonds is 4. The van der Waals surface area contributed by atoms with E-state index in [4.69, 9.17) is 5.26 Å². The zero-order chi connectivity index (χ0) is 21.8. The Hall–Kier alpha value is -3.77. The van der Waals surface area contributed by atoms with Crippen LogP contribution in [0.15, 0.2) is 48.5 Å². The molecule has 9 heteroatoms. The van der Waals surface area contributed by atoms with E-state index in [1.54, 1.807) is 24.3 Å². The summed E-state index contributed by atoms with van der Waals surface area (Å²) in [4.78, 5) is 27.1. The summed E-state index contributed by atoms with van der Waals surface area (Å²) >= 11 is 1.30. The second kappa shape index (κ2) is 8.93. The van der Waals surface area contributed by atoms with Gasteiger partial charge in [-0.2, -0.15) is 5.26 Å². The summed E-state index contributed by atoms with van der Waals surface area (Å²) in [6.07, 6.45) is 1.32. The number of amides is 3. The van der Waals surface area contributed by atoms with Crippen molar-refractivity contribution < 1.29 is 9.59 Å². The third kappa shape index (κ3) is 4.70. The van der Waals surface area contributed by atoms with E-state index in [-0.39, 0.29) is 11.9 Å². The van der Waals surface area contributed by atoms with Gasteiger partial charge in [0.2, 0.25) is 11.0 Å². The third-order valence-electron chi connectivity index (χ3n) is 5.00. The first-order chi connectivity index (χ1) is 15.0. The van der Waals surface area contributed by atoms with Crippen LogP contribution in [0.5, 0.6) is 0 Å². The molecule has 1 atom stereocenters. The summed E-state index contributed by atoms with van der Waals surface area (Å²) in [7, 11) is 0. The average molecular weight is 433 g/mol. The van der Waals surface area contributed by atoms with E-state index in [2.05, 4.69) is 20.8 Å². The van der Waals surface area contributed by atoms with Crippen LogP contribution in [0.1, 0.15) is 24.0 Å². The Kier molecular flexibility index (Phi) is 5.91. The number of nitrogens with one attached hydrogen (secondary N) is 2. The predicted molar refractivity (Wildman–Crippen MR) is 119 cm³/mol. The summed E-state index contributed by atoms with van der Waals surface area (Å²) in [6, 6.07) is 15.6. The maximum absolute atomic E-state index is 12.8. The molecule has 0 aliphatic carbocycles. The molecule has 4 rings (SSSR count). The van der Waals surface area contributed by atoms with Crippen LogP contribution in [0.3, 0.4) is 0 Å². The molecule has 1 aliphatic heterocycles. The van der Waals surface area contributed by atoms with E-state index in [9.17, 15) is 9.59 Å². The highest BCUT2D eigenvalue weighted by Crippen LogP contribution is 2.28. The fraction of sp³-hybridized carbons (Fsp3) is 0.227. The van der Waals surface area contributed by atoms with Gasteiger partial charge in [0, 0.05) is 17.8 Å². The number of likely N-dealkylation sites (tertiary alicyclic amines) is 1. The van der Waals surface area contributed by atoms with Crippen LogP contribution in [0.4, 0.5) is 15.6 Å². The van der Waals surface area contributed by atoms with E-state index in [0.717, 1.165) is 22.6 Å². The Morgan fingerprint density at radius 1 is 1.16 bits per heavy atom. The first-order valence-corrected chi connectivity index (χ1v) is 10.6. The van der Waals surface area contributed by atoms with Gasteiger partial charge in [-0.25, -0.2) is 4.79 Å². The number of carbonyl (C=O) groups is 2. The van der Waals surface area contributed by atoms with Crippen molar-refractivity contribution in [2.24, 2.45) is 0 Å². The largest absolute Gasteiger partial charge is 0.322 e. The molecule has 2 heterocycles. The van der Waals surface area contributed by atoms with Gasteiger partial charge >= 0.3 is 6.03 Å². The second-order valence-corrected chi connectivity index (χ2v) is 8.22. The van der Waals surface area contributed by atoms with Gasteiger partial charge in [0.05, 0.1) is 11.6 Å². The summed E-state index contributed by atoms with van der Waals surface area (Å²) in [5.41, 5.74) is 3.15. The van der Waals surface area contributed by atoms with Gasteiger partial charge in [-0.05, 0) is 50.1 Å². The minimum absolute atomic E-state index is 0.278. The van der Waals surface area contributed by atoms with E-state index >= 15 is 0 Å². The number of aryl methyl sites for hydroxylation is 1. The Morgan fingerprint density at radius 3 is 2.71 bits per heavy atom. The number of hydrogen-bond donors (Lipinski definition) is 2. The molecule has 1 fully saturated rings. The zero-order valence-corrected chi connectivity index (χ0v) is 17.6. The average Bonchev–Trinajstić information content (AvgIpc) is 3.44. The van der Waals surface area contributed by atoms with Gasteiger partial charge < -0.3 is 10.2 Å². The first-order valence-electron chi connectivity index (χ1n) is 9.83. The van der Waals surface area contributed by atoms with E-state index in [1.807, 2.05) is 37.3 Å². The number of anilines is 2. The number of aromatic nitrogens is 2. The van der Waals surface area contributed by atoms with Gasteiger partial charge in [-0.15, -0.1) is 10.2 Å². The fourth-order valence-corrected chi connectivity index (χ4v) is 4.21. The SMILES string of the molecule is Cc1cccc(-c2nnc(NC(=O)C3CCCN3C(=O)Nc3ccc(C#N)cc3)s2)c1. The lowest BCUT2D eigenvalue weighted by Crippen LogP contribution is -2.45. The smallest absolute Gasteiger partial charge is 0.312 e.